The molecule has 0 aliphatic heterocycles. The van der Waals surface area contributed by atoms with Gasteiger partial charge in [0.25, 0.3) is 0 Å². The minimum absolute atomic E-state index is 0.179. The van der Waals surface area contributed by atoms with E-state index in [1.807, 2.05) is 0 Å². The topological polar surface area (TPSA) is 77.2 Å². The number of carbonyl (C=O) groups is 1. The third-order valence-corrected chi connectivity index (χ3v) is 3.76. The van der Waals surface area contributed by atoms with Gasteiger partial charge in [0.15, 0.2) is 0 Å². The average Bonchev–Trinajstić information content (AvgIpc) is 2.24. The largest absolute Gasteiger partial charge is 0.573 e. The van der Waals surface area contributed by atoms with Gasteiger partial charge in [0.2, 0.25) is 5.91 Å². The number of rotatable bonds is 3. The van der Waals surface area contributed by atoms with E-state index in [1.54, 1.807) is 0 Å². The van der Waals surface area contributed by atoms with Crippen molar-refractivity contribution in [3.8, 4) is 5.75 Å². The number of hydrogen-bond donors (Lipinski definition) is 2. The fourth-order valence-electron chi connectivity index (χ4n) is 3.00. The second kappa shape index (κ2) is 3.85. The SMILES string of the molecule is NC12CC(C(=O)Nc3ccc(OC(F)(F)F)cn3)(C1)C2. The summed E-state index contributed by atoms with van der Waals surface area (Å²) in [5, 5.41) is 2.59. The Hall–Kier alpha value is -1.83. The number of anilines is 1. The highest BCUT2D eigenvalue weighted by Gasteiger charge is 2.69. The van der Waals surface area contributed by atoms with Gasteiger partial charge in [-0.1, -0.05) is 0 Å². The van der Waals surface area contributed by atoms with Gasteiger partial charge in [0.1, 0.15) is 11.6 Å². The Balaban J connectivity index is 1.60. The molecule has 0 atom stereocenters. The maximum Gasteiger partial charge on any atom is 0.573 e. The molecular formula is C12H12F3N3O2. The van der Waals surface area contributed by atoms with E-state index < -0.39 is 17.5 Å². The number of alkyl halides is 3. The number of amides is 1. The molecule has 3 fully saturated rings. The van der Waals surface area contributed by atoms with E-state index in [-0.39, 0.29) is 17.3 Å². The zero-order chi connectivity index (χ0) is 14.6. The quantitative estimate of drug-likeness (QED) is 0.888. The molecule has 1 aromatic rings. The fourth-order valence-corrected chi connectivity index (χ4v) is 3.00. The molecule has 3 aliphatic rings. The standard InChI is InChI=1S/C12H12F3N3O2/c13-12(14,15)20-7-1-2-8(17-3-7)18-9(19)10-4-11(16,5-10)6-10/h1-3H,4-6,16H2,(H,17,18,19). The Labute approximate surface area is 112 Å². The normalized spacial score (nSPS) is 31.0. The van der Waals surface area contributed by atoms with Crippen molar-refractivity contribution in [1.29, 1.82) is 0 Å². The lowest BCUT2D eigenvalue weighted by Gasteiger charge is -2.67. The molecule has 108 valence electrons. The van der Waals surface area contributed by atoms with Crippen molar-refractivity contribution in [3.63, 3.8) is 0 Å². The van der Waals surface area contributed by atoms with Gasteiger partial charge in [-0.05, 0) is 31.4 Å². The van der Waals surface area contributed by atoms with Crippen molar-refractivity contribution in [3.05, 3.63) is 18.3 Å². The molecule has 20 heavy (non-hydrogen) atoms. The Morgan fingerprint density at radius 2 is 2.00 bits per heavy atom. The third-order valence-electron chi connectivity index (χ3n) is 3.76. The molecule has 8 heteroatoms. The van der Waals surface area contributed by atoms with Gasteiger partial charge >= 0.3 is 6.36 Å². The summed E-state index contributed by atoms with van der Waals surface area (Å²) in [6.45, 7) is 0. The molecule has 4 rings (SSSR count). The smallest absolute Gasteiger partial charge is 0.404 e. The summed E-state index contributed by atoms with van der Waals surface area (Å²) in [5.41, 5.74) is 5.27. The van der Waals surface area contributed by atoms with Gasteiger partial charge in [0, 0.05) is 5.54 Å². The first-order chi connectivity index (χ1) is 9.20. The molecule has 3 N–H and O–H groups in total. The van der Waals surface area contributed by atoms with Gasteiger partial charge in [-0.15, -0.1) is 13.2 Å². The average molecular weight is 287 g/mol. The van der Waals surface area contributed by atoms with E-state index in [1.165, 1.54) is 6.07 Å². The van der Waals surface area contributed by atoms with Crippen LogP contribution in [-0.4, -0.2) is 22.8 Å². The van der Waals surface area contributed by atoms with E-state index in [0.717, 1.165) is 12.3 Å². The van der Waals surface area contributed by atoms with Crippen LogP contribution in [-0.2, 0) is 4.79 Å². The summed E-state index contributed by atoms with van der Waals surface area (Å²) < 4.78 is 39.6. The summed E-state index contributed by atoms with van der Waals surface area (Å²) in [6, 6.07) is 2.37. The van der Waals surface area contributed by atoms with Crippen LogP contribution < -0.4 is 15.8 Å². The Morgan fingerprint density at radius 3 is 2.45 bits per heavy atom. The Kier molecular flexibility index (Phi) is 2.53. The van der Waals surface area contributed by atoms with Gasteiger partial charge in [-0.25, -0.2) is 4.98 Å². The van der Waals surface area contributed by atoms with Crippen LogP contribution in [0.1, 0.15) is 19.3 Å². The van der Waals surface area contributed by atoms with E-state index >= 15 is 0 Å². The van der Waals surface area contributed by atoms with Crippen molar-refractivity contribution in [1.82, 2.24) is 4.98 Å². The van der Waals surface area contributed by atoms with Gasteiger partial charge < -0.3 is 15.8 Å². The van der Waals surface area contributed by atoms with E-state index in [2.05, 4.69) is 15.0 Å². The highest BCUT2D eigenvalue weighted by Crippen LogP contribution is 2.66. The first kappa shape index (κ1) is 13.2. The summed E-state index contributed by atoms with van der Waals surface area (Å²) in [5.74, 6) is -0.413. The third kappa shape index (κ3) is 2.20. The highest BCUT2D eigenvalue weighted by atomic mass is 19.4. The van der Waals surface area contributed by atoms with Crippen LogP contribution in [0, 0.1) is 5.41 Å². The second-order valence-corrected chi connectivity index (χ2v) is 5.55. The number of nitrogens with zero attached hydrogens (tertiary/aromatic N) is 1. The zero-order valence-electron chi connectivity index (χ0n) is 10.3. The molecule has 1 amide bonds. The number of pyridine rings is 1. The number of aromatic nitrogens is 1. The maximum absolute atomic E-state index is 12.0. The van der Waals surface area contributed by atoms with Gasteiger partial charge in [0.05, 0.1) is 11.6 Å². The highest BCUT2D eigenvalue weighted by molar-refractivity contribution is 5.97. The summed E-state index contributed by atoms with van der Waals surface area (Å²) in [6.07, 6.45) is -1.88. The van der Waals surface area contributed by atoms with Crippen molar-refractivity contribution < 1.29 is 22.7 Å². The van der Waals surface area contributed by atoms with Crippen molar-refractivity contribution in [2.24, 2.45) is 11.1 Å². The van der Waals surface area contributed by atoms with Crippen molar-refractivity contribution >= 4 is 11.7 Å². The van der Waals surface area contributed by atoms with Crippen LogP contribution in [0.3, 0.4) is 0 Å². The van der Waals surface area contributed by atoms with Gasteiger partial charge in [-0.3, -0.25) is 4.79 Å². The predicted octanol–water partition coefficient (Wildman–Crippen LogP) is 1.80. The molecule has 3 aliphatic carbocycles. The van der Waals surface area contributed by atoms with Crippen molar-refractivity contribution in [2.75, 3.05) is 5.32 Å². The molecule has 0 radical (unpaired) electrons. The summed E-state index contributed by atoms with van der Waals surface area (Å²) >= 11 is 0. The van der Waals surface area contributed by atoms with Crippen LogP contribution in [0.4, 0.5) is 19.0 Å². The number of ether oxygens (including phenoxy) is 1. The van der Waals surface area contributed by atoms with E-state index in [4.69, 9.17) is 5.73 Å². The number of halogens is 3. The van der Waals surface area contributed by atoms with Crippen LogP contribution >= 0.6 is 0 Å². The lowest BCUT2D eigenvalue weighted by Crippen LogP contribution is -2.75. The number of nitrogens with two attached hydrogens (primary N) is 1. The molecule has 3 saturated carbocycles. The number of carbonyl (C=O) groups excluding carboxylic acids is 1. The lowest BCUT2D eigenvalue weighted by molar-refractivity contribution is -0.274. The minimum Gasteiger partial charge on any atom is -0.404 e. The maximum atomic E-state index is 12.0. The molecular weight excluding hydrogens is 275 g/mol. The minimum atomic E-state index is -4.76. The zero-order valence-corrected chi connectivity index (χ0v) is 10.3. The van der Waals surface area contributed by atoms with E-state index in [0.29, 0.717) is 19.3 Å². The predicted molar refractivity (Wildman–Crippen MR) is 62.8 cm³/mol. The van der Waals surface area contributed by atoms with Crippen LogP contribution in [0.25, 0.3) is 0 Å². The van der Waals surface area contributed by atoms with Gasteiger partial charge in [-0.2, -0.15) is 0 Å². The summed E-state index contributed by atoms with van der Waals surface area (Å²) in [4.78, 5) is 15.7. The molecule has 0 aromatic carbocycles. The summed E-state index contributed by atoms with van der Waals surface area (Å²) in [7, 11) is 0. The molecule has 0 spiro atoms. The van der Waals surface area contributed by atoms with Crippen molar-refractivity contribution in [2.45, 2.75) is 31.2 Å². The monoisotopic (exact) mass is 287 g/mol. The van der Waals surface area contributed by atoms with E-state index in [9.17, 15) is 18.0 Å². The first-order valence-electron chi connectivity index (χ1n) is 6.02. The van der Waals surface area contributed by atoms with Crippen LogP contribution in [0.15, 0.2) is 18.3 Å². The van der Waals surface area contributed by atoms with Crippen LogP contribution in [0.5, 0.6) is 5.75 Å². The molecule has 1 aromatic heterocycles. The molecule has 0 unspecified atom stereocenters. The molecule has 0 saturated heterocycles. The molecule has 1 heterocycles. The molecule has 2 bridgehead atoms. The second-order valence-electron chi connectivity index (χ2n) is 5.55. The Bertz CT molecular complexity index is 536. The molecule has 5 nitrogen and oxygen atoms in total. The number of nitrogens with one attached hydrogen (secondary N) is 1. The fraction of sp³-hybridized carbons (Fsp3) is 0.500. The first-order valence-corrected chi connectivity index (χ1v) is 6.02. The van der Waals surface area contributed by atoms with Crippen LogP contribution in [0.2, 0.25) is 0 Å². The Morgan fingerprint density at radius 1 is 1.35 bits per heavy atom. The number of hydrogen-bond acceptors (Lipinski definition) is 4. The lowest BCUT2D eigenvalue weighted by atomic mass is 9.39.